The fourth-order valence-corrected chi connectivity index (χ4v) is 2.18. The molecule has 0 fully saturated rings. The molecular formula is C14H10ClN3O3. The van der Waals surface area contributed by atoms with E-state index in [1.807, 2.05) is 0 Å². The van der Waals surface area contributed by atoms with E-state index in [0.29, 0.717) is 21.9 Å². The predicted octanol–water partition coefficient (Wildman–Crippen LogP) is 2.54. The number of carbonyl (C=O) groups excluding carboxylic acids is 1. The molecular weight excluding hydrogens is 294 g/mol. The van der Waals surface area contributed by atoms with Crippen LogP contribution >= 0.6 is 11.6 Å². The van der Waals surface area contributed by atoms with E-state index in [1.54, 1.807) is 18.2 Å². The van der Waals surface area contributed by atoms with Gasteiger partial charge < -0.3 is 9.84 Å². The van der Waals surface area contributed by atoms with Gasteiger partial charge in [-0.05, 0) is 18.2 Å². The van der Waals surface area contributed by atoms with Crippen molar-refractivity contribution in [3.8, 4) is 17.0 Å². The first-order valence-electron chi connectivity index (χ1n) is 6.03. The number of benzene rings is 1. The number of aromatic nitrogens is 3. The van der Waals surface area contributed by atoms with Crippen LogP contribution in [0.2, 0.25) is 5.02 Å². The maximum atomic E-state index is 11.9. The molecule has 0 radical (unpaired) electrons. The summed E-state index contributed by atoms with van der Waals surface area (Å²) in [5.41, 5.74) is 1.39. The number of nitrogens with zero attached hydrogens (tertiary/aromatic N) is 3. The molecule has 6 nitrogen and oxygen atoms in total. The number of fused-ring (bicyclic) bond motifs is 1. The van der Waals surface area contributed by atoms with Gasteiger partial charge in [-0.2, -0.15) is 5.10 Å². The zero-order valence-corrected chi connectivity index (χ0v) is 11.7. The zero-order valence-electron chi connectivity index (χ0n) is 10.9. The Morgan fingerprint density at radius 2 is 2.14 bits per heavy atom. The highest BCUT2D eigenvalue weighted by Crippen LogP contribution is 2.29. The van der Waals surface area contributed by atoms with Crippen LogP contribution in [0.5, 0.6) is 5.75 Å². The summed E-state index contributed by atoms with van der Waals surface area (Å²) in [6.45, 7) is 0. The average Bonchev–Trinajstić information content (AvgIpc) is 2.87. The van der Waals surface area contributed by atoms with Crippen molar-refractivity contribution in [1.82, 2.24) is 14.6 Å². The molecule has 0 spiro atoms. The van der Waals surface area contributed by atoms with Gasteiger partial charge >= 0.3 is 5.97 Å². The van der Waals surface area contributed by atoms with E-state index in [0.717, 1.165) is 0 Å². The van der Waals surface area contributed by atoms with Crippen LogP contribution in [0.4, 0.5) is 0 Å². The standard InChI is InChI=1S/C14H10ClN3O3/c1-21-14(20)11-6-10(8-4-2-3-5-12(8)19)17-13-9(15)7-16-18(11)13/h2-7,19H,1H3. The normalized spacial score (nSPS) is 10.8. The van der Waals surface area contributed by atoms with Crippen LogP contribution in [-0.2, 0) is 4.74 Å². The number of aromatic hydroxyl groups is 1. The molecule has 3 aromatic rings. The quantitative estimate of drug-likeness (QED) is 0.736. The van der Waals surface area contributed by atoms with Gasteiger partial charge in [0, 0.05) is 5.56 Å². The number of esters is 1. The van der Waals surface area contributed by atoms with Crippen LogP contribution in [0.25, 0.3) is 16.9 Å². The number of hydrogen-bond donors (Lipinski definition) is 1. The molecule has 0 saturated carbocycles. The lowest BCUT2D eigenvalue weighted by Gasteiger charge is -2.08. The van der Waals surface area contributed by atoms with Crippen LogP contribution in [0.15, 0.2) is 36.5 Å². The molecule has 2 aromatic heterocycles. The van der Waals surface area contributed by atoms with Crippen molar-refractivity contribution < 1.29 is 14.6 Å². The fraction of sp³-hybridized carbons (Fsp3) is 0.0714. The van der Waals surface area contributed by atoms with E-state index in [-0.39, 0.29) is 11.4 Å². The molecule has 1 aromatic carbocycles. The second-order valence-electron chi connectivity index (χ2n) is 4.26. The van der Waals surface area contributed by atoms with Crippen LogP contribution in [0, 0.1) is 0 Å². The first kappa shape index (κ1) is 13.4. The van der Waals surface area contributed by atoms with Crippen molar-refractivity contribution in [3.63, 3.8) is 0 Å². The van der Waals surface area contributed by atoms with E-state index in [4.69, 9.17) is 16.3 Å². The lowest BCUT2D eigenvalue weighted by Crippen LogP contribution is -2.10. The summed E-state index contributed by atoms with van der Waals surface area (Å²) in [5.74, 6) is -0.514. The second kappa shape index (κ2) is 5.06. The summed E-state index contributed by atoms with van der Waals surface area (Å²) >= 11 is 6.03. The number of ether oxygens (including phenoxy) is 1. The van der Waals surface area contributed by atoms with Gasteiger partial charge in [0.15, 0.2) is 11.3 Å². The first-order chi connectivity index (χ1) is 10.1. The third-order valence-corrected chi connectivity index (χ3v) is 3.27. The highest BCUT2D eigenvalue weighted by atomic mass is 35.5. The molecule has 106 valence electrons. The molecule has 0 aliphatic heterocycles. The van der Waals surface area contributed by atoms with Crippen LogP contribution < -0.4 is 0 Å². The van der Waals surface area contributed by atoms with Crippen molar-refractivity contribution in [2.24, 2.45) is 0 Å². The first-order valence-corrected chi connectivity index (χ1v) is 6.40. The van der Waals surface area contributed by atoms with E-state index in [2.05, 4.69) is 10.1 Å². The number of carbonyl (C=O) groups is 1. The van der Waals surface area contributed by atoms with E-state index in [1.165, 1.54) is 30.0 Å². The van der Waals surface area contributed by atoms with E-state index < -0.39 is 5.97 Å². The third kappa shape index (κ3) is 2.19. The molecule has 0 aliphatic rings. The molecule has 0 saturated heterocycles. The molecule has 0 aliphatic carbocycles. The summed E-state index contributed by atoms with van der Waals surface area (Å²) in [7, 11) is 1.28. The molecule has 0 bridgehead atoms. The van der Waals surface area contributed by atoms with Crippen molar-refractivity contribution in [2.75, 3.05) is 7.11 Å². The Bertz CT molecular complexity index is 845. The van der Waals surface area contributed by atoms with Crippen molar-refractivity contribution in [2.45, 2.75) is 0 Å². The molecule has 0 atom stereocenters. The third-order valence-electron chi connectivity index (χ3n) is 3.00. The minimum absolute atomic E-state index is 0.0563. The van der Waals surface area contributed by atoms with Crippen molar-refractivity contribution >= 4 is 23.2 Å². The zero-order chi connectivity index (χ0) is 15.0. The minimum atomic E-state index is -0.571. The number of phenolic OH excluding ortho intramolecular Hbond substituents is 1. The SMILES string of the molecule is COC(=O)c1cc(-c2ccccc2O)nc2c(Cl)cnn12. The molecule has 21 heavy (non-hydrogen) atoms. The maximum absolute atomic E-state index is 11.9. The largest absolute Gasteiger partial charge is 0.507 e. The summed E-state index contributed by atoms with van der Waals surface area (Å²) in [5, 5.41) is 14.2. The fourth-order valence-electron chi connectivity index (χ4n) is 2.01. The monoisotopic (exact) mass is 303 g/mol. The van der Waals surface area contributed by atoms with Crippen molar-refractivity contribution in [3.05, 3.63) is 47.2 Å². The minimum Gasteiger partial charge on any atom is -0.507 e. The number of hydrogen-bond acceptors (Lipinski definition) is 5. The summed E-state index contributed by atoms with van der Waals surface area (Å²) < 4.78 is 6.04. The van der Waals surface area contributed by atoms with Crippen LogP contribution in [-0.4, -0.2) is 32.8 Å². The molecule has 7 heteroatoms. The Labute approximate surface area is 124 Å². The topological polar surface area (TPSA) is 76.7 Å². The van der Waals surface area contributed by atoms with E-state index >= 15 is 0 Å². The molecule has 1 N–H and O–H groups in total. The molecule has 2 heterocycles. The van der Waals surface area contributed by atoms with Crippen LogP contribution in [0.1, 0.15) is 10.5 Å². The summed E-state index contributed by atoms with van der Waals surface area (Å²) in [6.07, 6.45) is 1.39. The Hall–Kier alpha value is -2.60. The van der Waals surface area contributed by atoms with Gasteiger partial charge in [-0.3, -0.25) is 0 Å². The maximum Gasteiger partial charge on any atom is 0.356 e. The van der Waals surface area contributed by atoms with Crippen molar-refractivity contribution in [1.29, 1.82) is 0 Å². The molecule has 3 rings (SSSR count). The number of halogens is 1. The Morgan fingerprint density at radius 3 is 2.86 bits per heavy atom. The smallest absolute Gasteiger partial charge is 0.356 e. The second-order valence-corrected chi connectivity index (χ2v) is 4.67. The number of rotatable bonds is 2. The average molecular weight is 304 g/mol. The lowest BCUT2D eigenvalue weighted by atomic mass is 10.1. The molecule has 0 amide bonds. The van der Waals surface area contributed by atoms with Gasteiger partial charge in [0.1, 0.15) is 10.8 Å². The van der Waals surface area contributed by atoms with Gasteiger partial charge in [0.25, 0.3) is 0 Å². The van der Waals surface area contributed by atoms with Gasteiger partial charge in [-0.25, -0.2) is 14.3 Å². The Morgan fingerprint density at radius 1 is 1.38 bits per heavy atom. The summed E-state index contributed by atoms with van der Waals surface area (Å²) in [4.78, 5) is 16.2. The van der Waals surface area contributed by atoms with E-state index in [9.17, 15) is 9.90 Å². The van der Waals surface area contributed by atoms with Gasteiger partial charge in [-0.15, -0.1) is 0 Å². The highest BCUT2D eigenvalue weighted by molar-refractivity contribution is 6.33. The molecule has 0 unspecified atom stereocenters. The number of phenols is 1. The van der Waals surface area contributed by atoms with Gasteiger partial charge in [0.2, 0.25) is 0 Å². The lowest BCUT2D eigenvalue weighted by molar-refractivity contribution is 0.0590. The number of methoxy groups -OCH3 is 1. The Balaban J connectivity index is 2.32. The Kier molecular flexibility index (Phi) is 3.23. The number of para-hydroxylation sites is 1. The van der Waals surface area contributed by atoms with Crippen LogP contribution in [0.3, 0.4) is 0 Å². The van der Waals surface area contributed by atoms with Gasteiger partial charge in [0.05, 0.1) is 19.0 Å². The highest BCUT2D eigenvalue weighted by Gasteiger charge is 2.18. The van der Waals surface area contributed by atoms with Gasteiger partial charge in [-0.1, -0.05) is 23.7 Å². The predicted molar refractivity (Wildman–Crippen MR) is 76.4 cm³/mol. The summed E-state index contributed by atoms with van der Waals surface area (Å²) in [6, 6.07) is 8.19.